The standard InChI is InChI=1S/C25H21N3O2/c29-24-19-10-4-5-11-20(19)25(30)28(24)15-14-18-16-26-23(17-8-2-1-3-9-17)21-12-6-7-13-22(21)27-18/h1-13,18,27H,14-16H2. The van der Waals surface area contributed by atoms with Gasteiger partial charge in [0.1, 0.15) is 0 Å². The molecule has 0 fully saturated rings. The molecule has 5 nitrogen and oxygen atoms in total. The average Bonchev–Trinajstić information content (AvgIpc) is 2.92. The highest BCUT2D eigenvalue weighted by atomic mass is 16.2. The van der Waals surface area contributed by atoms with E-state index in [2.05, 4.69) is 23.5 Å². The number of carbonyl (C=O) groups is 2. The van der Waals surface area contributed by atoms with Crippen LogP contribution in [0, 0.1) is 0 Å². The molecular weight excluding hydrogens is 374 g/mol. The third kappa shape index (κ3) is 3.18. The van der Waals surface area contributed by atoms with Gasteiger partial charge in [-0.1, -0.05) is 60.7 Å². The quantitative estimate of drug-likeness (QED) is 0.679. The summed E-state index contributed by atoms with van der Waals surface area (Å²) in [5.41, 5.74) is 5.10. The minimum atomic E-state index is -0.210. The molecule has 2 aliphatic heterocycles. The Hall–Kier alpha value is -3.73. The lowest BCUT2D eigenvalue weighted by molar-refractivity contribution is 0.0651. The minimum Gasteiger partial charge on any atom is -0.380 e. The Morgan fingerprint density at radius 1 is 0.800 bits per heavy atom. The number of amides is 2. The molecule has 0 saturated carbocycles. The Balaban J connectivity index is 1.37. The van der Waals surface area contributed by atoms with Crippen molar-refractivity contribution in [3.05, 3.63) is 101 Å². The van der Waals surface area contributed by atoms with Gasteiger partial charge in [0, 0.05) is 29.4 Å². The lowest BCUT2D eigenvalue weighted by Crippen LogP contribution is -2.35. The van der Waals surface area contributed by atoms with Crippen molar-refractivity contribution in [3.8, 4) is 0 Å². The molecule has 0 spiro atoms. The smallest absolute Gasteiger partial charge is 0.261 e. The van der Waals surface area contributed by atoms with E-state index in [0.29, 0.717) is 30.6 Å². The van der Waals surface area contributed by atoms with Crippen LogP contribution in [-0.2, 0) is 0 Å². The first-order chi connectivity index (χ1) is 14.7. The van der Waals surface area contributed by atoms with Crippen LogP contribution >= 0.6 is 0 Å². The van der Waals surface area contributed by atoms with Gasteiger partial charge in [-0.15, -0.1) is 0 Å². The zero-order chi connectivity index (χ0) is 20.5. The van der Waals surface area contributed by atoms with E-state index in [1.807, 2.05) is 36.4 Å². The number of aliphatic imine (C=N–C) groups is 1. The Bertz CT molecular complexity index is 1120. The fraction of sp³-hybridized carbons (Fsp3) is 0.160. The molecule has 3 aromatic carbocycles. The van der Waals surface area contributed by atoms with Gasteiger partial charge in [-0.25, -0.2) is 0 Å². The fourth-order valence-electron chi connectivity index (χ4n) is 4.10. The van der Waals surface area contributed by atoms with Crippen LogP contribution in [0.1, 0.15) is 38.3 Å². The van der Waals surface area contributed by atoms with Crippen molar-refractivity contribution in [2.45, 2.75) is 12.5 Å². The molecule has 0 radical (unpaired) electrons. The van der Waals surface area contributed by atoms with E-state index >= 15 is 0 Å². The zero-order valence-electron chi connectivity index (χ0n) is 16.4. The summed E-state index contributed by atoms with van der Waals surface area (Å²) in [6.07, 6.45) is 0.630. The fourth-order valence-corrected chi connectivity index (χ4v) is 4.10. The van der Waals surface area contributed by atoms with Gasteiger partial charge >= 0.3 is 0 Å². The van der Waals surface area contributed by atoms with E-state index in [9.17, 15) is 9.59 Å². The summed E-state index contributed by atoms with van der Waals surface area (Å²) >= 11 is 0. The maximum atomic E-state index is 12.6. The Labute approximate surface area is 175 Å². The van der Waals surface area contributed by atoms with E-state index in [1.54, 1.807) is 24.3 Å². The van der Waals surface area contributed by atoms with Crippen LogP contribution < -0.4 is 5.32 Å². The first kappa shape index (κ1) is 18.3. The number of para-hydroxylation sites is 1. The number of rotatable bonds is 4. The molecule has 0 aliphatic carbocycles. The second-order valence-electron chi connectivity index (χ2n) is 7.54. The molecule has 3 aromatic rings. The third-order valence-corrected chi connectivity index (χ3v) is 5.64. The summed E-state index contributed by atoms with van der Waals surface area (Å²) in [4.78, 5) is 31.5. The van der Waals surface area contributed by atoms with Gasteiger partial charge in [0.05, 0.1) is 23.4 Å². The summed E-state index contributed by atoms with van der Waals surface area (Å²) in [6, 6.07) is 25.3. The maximum absolute atomic E-state index is 12.6. The van der Waals surface area contributed by atoms with Crippen LogP contribution in [0.4, 0.5) is 5.69 Å². The van der Waals surface area contributed by atoms with Crippen LogP contribution in [0.25, 0.3) is 0 Å². The van der Waals surface area contributed by atoms with Crippen LogP contribution in [0.5, 0.6) is 0 Å². The molecule has 5 rings (SSSR count). The summed E-state index contributed by atoms with van der Waals surface area (Å²) in [5, 5.41) is 3.57. The Kier molecular flexibility index (Phi) is 4.64. The minimum absolute atomic E-state index is 0.0247. The van der Waals surface area contributed by atoms with Crippen LogP contribution in [0.3, 0.4) is 0 Å². The van der Waals surface area contributed by atoms with Gasteiger partial charge < -0.3 is 5.32 Å². The molecule has 0 aromatic heterocycles. The predicted molar refractivity (Wildman–Crippen MR) is 117 cm³/mol. The van der Waals surface area contributed by atoms with Crippen molar-refractivity contribution < 1.29 is 9.59 Å². The molecule has 2 amide bonds. The Morgan fingerprint density at radius 2 is 1.40 bits per heavy atom. The van der Waals surface area contributed by atoms with Crippen LogP contribution in [0.2, 0.25) is 0 Å². The number of benzene rings is 3. The van der Waals surface area contributed by atoms with Gasteiger partial charge in [0.2, 0.25) is 0 Å². The van der Waals surface area contributed by atoms with Crippen molar-refractivity contribution in [1.29, 1.82) is 0 Å². The number of nitrogens with zero attached hydrogens (tertiary/aromatic N) is 2. The molecule has 0 saturated heterocycles. The lowest BCUT2D eigenvalue weighted by Gasteiger charge is -2.20. The highest BCUT2D eigenvalue weighted by Crippen LogP contribution is 2.26. The molecule has 1 N–H and O–H groups in total. The lowest BCUT2D eigenvalue weighted by atomic mass is 10.0. The van der Waals surface area contributed by atoms with Gasteiger partial charge in [0.25, 0.3) is 11.8 Å². The van der Waals surface area contributed by atoms with Crippen molar-refractivity contribution in [2.24, 2.45) is 4.99 Å². The Morgan fingerprint density at radius 3 is 2.10 bits per heavy atom. The molecule has 1 unspecified atom stereocenters. The van der Waals surface area contributed by atoms with Gasteiger partial charge in [-0.05, 0) is 24.6 Å². The molecular formula is C25H21N3O2. The topological polar surface area (TPSA) is 61.8 Å². The third-order valence-electron chi connectivity index (χ3n) is 5.64. The largest absolute Gasteiger partial charge is 0.380 e. The van der Waals surface area contributed by atoms with Crippen molar-refractivity contribution in [2.75, 3.05) is 18.4 Å². The number of nitrogens with one attached hydrogen (secondary N) is 1. The molecule has 2 heterocycles. The number of imide groups is 1. The first-order valence-corrected chi connectivity index (χ1v) is 10.1. The summed E-state index contributed by atoms with van der Waals surface area (Å²) in [5.74, 6) is -0.420. The molecule has 0 bridgehead atoms. The number of anilines is 1. The average molecular weight is 395 g/mol. The predicted octanol–water partition coefficient (Wildman–Crippen LogP) is 4.00. The molecule has 2 aliphatic rings. The van der Waals surface area contributed by atoms with E-state index in [0.717, 1.165) is 22.5 Å². The second kappa shape index (κ2) is 7.59. The molecule has 148 valence electrons. The molecule has 1 atom stereocenters. The number of carbonyl (C=O) groups excluding carboxylic acids is 2. The van der Waals surface area contributed by atoms with Crippen molar-refractivity contribution >= 4 is 23.2 Å². The zero-order valence-corrected chi connectivity index (χ0v) is 16.4. The summed E-state index contributed by atoms with van der Waals surface area (Å²) in [7, 11) is 0. The van der Waals surface area contributed by atoms with Gasteiger partial charge in [-0.2, -0.15) is 0 Å². The normalized spacial score (nSPS) is 17.7. The van der Waals surface area contributed by atoms with E-state index < -0.39 is 0 Å². The van der Waals surface area contributed by atoms with Gasteiger partial charge in [0.15, 0.2) is 0 Å². The van der Waals surface area contributed by atoms with E-state index in [1.165, 1.54) is 4.90 Å². The van der Waals surface area contributed by atoms with Gasteiger partial charge in [-0.3, -0.25) is 19.5 Å². The number of benzodiazepines with no additional fused rings is 1. The SMILES string of the molecule is O=C1c2ccccc2C(=O)N1CCC1CN=C(c2ccccc2)c2ccccc2N1. The number of hydrogen-bond acceptors (Lipinski definition) is 4. The summed E-state index contributed by atoms with van der Waals surface area (Å²) in [6.45, 7) is 0.935. The highest BCUT2D eigenvalue weighted by Gasteiger charge is 2.35. The maximum Gasteiger partial charge on any atom is 0.261 e. The van der Waals surface area contributed by atoms with Crippen LogP contribution in [0.15, 0.2) is 83.9 Å². The highest BCUT2D eigenvalue weighted by molar-refractivity contribution is 6.21. The van der Waals surface area contributed by atoms with E-state index in [-0.39, 0.29) is 17.9 Å². The summed E-state index contributed by atoms with van der Waals surface area (Å²) < 4.78 is 0. The van der Waals surface area contributed by atoms with Crippen LogP contribution in [-0.4, -0.2) is 41.6 Å². The van der Waals surface area contributed by atoms with Crippen molar-refractivity contribution in [1.82, 2.24) is 4.90 Å². The second-order valence-corrected chi connectivity index (χ2v) is 7.54. The van der Waals surface area contributed by atoms with E-state index in [4.69, 9.17) is 4.99 Å². The first-order valence-electron chi connectivity index (χ1n) is 10.1. The number of fused-ring (bicyclic) bond motifs is 2. The number of hydrogen-bond donors (Lipinski definition) is 1. The van der Waals surface area contributed by atoms with Crippen molar-refractivity contribution in [3.63, 3.8) is 0 Å². The molecule has 5 heteroatoms. The molecule has 30 heavy (non-hydrogen) atoms. The monoisotopic (exact) mass is 395 g/mol.